The largest absolute Gasteiger partial charge is 0.331 e. The SMILES string of the molecule is NC1CSC(=O)N1. The smallest absolute Gasteiger partial charge is 0.280 e. The molecule has 1 rings (SSSR count). The van der Waals surface area contributed by atoms with E-state index in [0.29, 0.717) is 5.75 Å². The first-order chi connectivity index (χ1) is 3.29. The Hall–Kier alpha value is -0.220. The van der Waals surface area contributed by atoms with Crippen LogP contribution in [0, 0.1) is 0 Å². The molecule has 3 N–H and O–H groups in total. The third-order valence-corrected chi connectivity index (χ3v) is 1.60. The molecule has 0 saturated carbocycles. The third kappa shape index (κ3) is 1.07. The van der Waals surface area contributed by atoms with Crippen molar-refractivity contribution in [1.82, 2.24) is 5.32 Å². The molecular weight excluding hydrogens is 112 g/mol. The summed E-state index contributed by atoms with van der Waals surface area (Å²) in [6, 6.07) is 0. The zero-order valence-electron chi connectivity index (χ0n) is 3.68. The average molecular weight is 118 g/mol. The molecule has 0 aliphatic carbocycles. The minimum absolute atomic E-state index is 0.00694. The van der Waals surface area contributed by atoms with Crippen LogP contribution in [0.25, 0.3) is 0 Å². The van der Waals surface area contributed by atoms with Gasteiger partial charge >= 0.3 is 0 Å². The van der Waals surface area contributed by atoms with E-state index in [1.807, 2.05) is 0 Å². The zero-order valence-corrected chi connectivity index (χ0v) is 4.49. The van der Waals surface area contributed by atoms with Gasteiger partial charge in [0.05, 0.1) is 6.17 Å². The first-order valence-corrected chi connectivity index (χ1v) is 2.96. The van der Waals surface area contributed by atoms with Crippen molar-refractivity contribution in [2.45, 2.75) is 6.17 Å². The molecule has 1 atom stereocenters. The lowest BCUT2D eigenvalue weighted by Gasteiger charge is -1.94. The molecule has 1 aliphatic rings. The van der Waals surface area contributed by atoms with Gasteiger partial charge < -0.3 is 11.1 Å². The lowest BCUT2D eigenvalue weighted by molar-refractivity contribution is 0.260. The first kappa shape index (κ1) is 4.93. The second kappa shape index (κ2) is 1.71. The topological polar surface area (TPSA) is 55.1 Å². The molecule has 1 amide bonds. The third-order valence-electron chi connectivity index (χ3n) is 0.697. The van der Waals surface area contributed by atoms with E-state index < -0.39 is 0 Å². The molecule has 1 aliphatic heterocycles. The van der Waals surface area contributed by atoms with Crippen LogP contribution in [0.2, 0.25) is 0 Å². The highest BCUT2D eigenvalue weighted by molar-refractivity contribution is 8.13. The molecule has 0 aromatic carbocycles. The van der Waals surface area contributed by atoms with Gasteiger partial charge in [0, 0.05) is 5.75 Å². The minimum atomic E-state index is -0.113. The fourth-order valence-electron chi connectivity index (χ4n) is 0.400. The maximum absolute atomic E-state index is 10.2. The summed E-state index contributed by atoms with van der Waals surface area (Å²) < 4.78 is 0. The monoisotopic (exact) mass is 118 g/mol. The highest BCUT2D eigenvalue weighted by Crippen LogP contribution is 2.08. The Morgan fingerprint density at radius 1 is 2.00 bits per heavy atom. The molecular formula is C3H6N2OS. The number of hydrogen-bond donors (Lipinski definition) is 2. The summed E-state index contributed by atoms with van der Waals surface area (Å²) in [6.45, 7) is 0. The Labute approximate surface area is 45.6 Å². The fourth-order valence-corrected chi connectivity index (χ4v) is 1.05. The van der Waals surface area contributed by atoms with E-state index in [1.165, 1.54) is 11.8 Å². The van der Waals surface area contributed by atoms with Crippen molar-refractivity contribution >= 4 is 17.0 Å². The van der Waals surface area contributed by atoms with Crippen LogP contribution in [0.5, 0.6) is 0 Å². The Bertz CT molecular complexity index is 94.9. The van der Waals surface area contributed by atoms with Crippen LogP contribution in [0.15, 0.2) is 0 Å². The second-order valence-corrected chi connectivity index (χ2v) is 2.34. The van der Waals surface area contributed by atoms with E-state index in [2.05, 4.69) is 5.32 Å². The predicted molar refractivity (Wildman–Crippen MR) is 29.0 cm³/mol. The summed E-state index contributed by atoms with van der Waals surface area (Å²) in [4.78, 5) is 10.2. The van der Waals surface area contributed by atoms with Crippen LogP contribution >= 0.6 is 11.8 Å². The number of carbonyl (C=O) groups excluding carboxylic acids is 1. The highest BCUT2D eigenvalue weighted by Gasteiger charge is 2.16. The molecule has 1 fully saturated rings. The van der Waals surface area contributed by atoms with Crippen molar-refractivity contribution in [2.24, 2.45) is 5.73 Å². The summed E-state index contributed by atoms with van der Waals surface area (Å²) in [5.41, 5.74) is 5.27. The molecule has 7 heavy (non-hydrogen) atoms. The van der Waals surface area contributed by atoms with Gasteiger partial charge in [0.2, 0.25) is 0 Å². The summed E-state index contributed by atoms with van der Waals surface area (Å²) in [5.74, 6) is 0.707. The van der Waals surface area contributed by atoms with E-state index >= 15 is 0 Å². The lowest BCUT2D eigenvalue weighted by atomic mass is 10.6. The maximum atomic E-state index is 10.2. The molecule has 40 valence electrons. The predicted octanol–water partition coefficient (Wildman–Crippen LogP) is -0.272. The average Bonchev–Trinajstić information content (AvgIpc) is 1.87. The highest BCUT2D eigenvalue weighted by atomic mass is 32.2. The molecule has 0 radical (unpaired) electrons. The number of amides is 1. The molecule has 1 unspecified atom stereocenters. The van der Waals surface area contributed by atoms with Gasteiger partial charge in [-0.1, -0.05) is 11.8 Å². The van der Waals surface area contributed by atoms with Crippen LogP contribution in [0.3, 0.4) is 0 Å². The zero-order chi connectivity index (χ0) is 5.28. The van der Waals surface area contributed by atoms with Crippen LogP contribution in [0.4, 0.5) is 4.79 Å². The Morgan fingerprint density at radius 3 is 2.86 bits per heavy atom. The van der Waals surface area contributed by atoms with Crippen molar-refractivity contribution in [3.05, 3.63) is 0 Å². The van der Waals surface area contributed by atoms with Crippen LogP contribution in [-0.2, 0) is 0 Å². The summed E-state index contributed by atoms with van der Waals surface area (Å²) in [7, 11) is 0. The quantitative estimate of drug-likeness (QED) is 0.460. The molecule has 1 saturated heterocycles. The van der Waals surface area contributed by atoms with Crippen LogP contribution in [-0.4, -0.2) is 17.2 Å². The van der Waals surface area contributed by atoms with E-state index in [-0.39, 0.29) is 11.4 Å². The lowest BCUT2D eigenvalue weighted by Crippen LogP contribution is -2.34. The molecule has 0 aromatic rings. The molecule has 4 heteroatoms. The molecule has 0 bridgehead atoms. The van der Waals surface area contributed by atoms with Crippen molar-refractivity contribution in [3.8, 4) is 0 Å². The Morgan fingerprint density at radius 2 is 2.71 bits per heavy atom. The summed E-state index contributed by atoms with van der Waals surface area (Å²) >= 11 is 1.23. The number of hydrogen-bond acceptors (Lipinski definition) is 3. The van der Waals surface area contributed by atoms with Gasteiger partial charge in [0.25, 0.3) is 5.24 Å². The number of rotatable bonds is 0. The molecule has 0 aromatic heterocycles. The number of nitrogens with one attached hydrogen (secondary N) is 1. The maximum Gasteiger partial charge on any atom is 0.280 e. The van der Waals surface area contributed by atoms with Gasteiger partial charge in [0.15, 0.2) is 0 Å². The Kier molecular flexibility index (Phi) is 1.21. The van der Waals surface area contributed by atoms with Crippen molar-refractivity contribution in [3.63, 3.8) is 0 Å². The van der Waals surface area contributed by atoms with E-state index in [4.69, 9.17) is 5.73 Å². The normalized spacial score (nSPS) is 30.4. The Balaban J connectivity index is 2.40. The van der Waals surface area contributed by atoms with E-state index in [1.54, 1.807) is 0 Å². The second-order valence-electron chi connectivity index (χ2n) is 1.35. The van der Waals surface area contributed by atoms with Gasteiger partial charge in [-0.05, 0) is 0 Å². The number of carbonyl (C=O) groups is 1. The van der Waals surface area contributed by atoms with Crippen molar-refractivity contribution in [1.29, 1.82) is 0 Å². The van der Waals surface area contributed by atoms with Crippen molar-refractivity contribution in [2.75, 3.05) is 5.75 Å². The van der Waals surface area contributed by atoms with E-state index in [9.17, 15) is 4.79 Å². The van der Waals surface area contributed by atoms with Crippen LogP contribution < -0.4 is 11.1 Å². The molecule has 3 nitrogen and oxygen atoms in total. The number of thioether (sulfide) groups is 1. The summed E-state index contributed by atoms with van der Waals surface area (Å²) in [5, 5.41) is 2.51. The van der Waals surface area contributed by atoms with Crippen molar-refractivity contribution < 1.29 is 4.79 Å². The first-order valence-electron chi connectivity index (χ1n) is 1.98. The molecule has 0 spiro atoms. The van der Waals surface area contributed by atoms with Gasteiger partial charge in [-0.2, -0.15) is 0 Å². The molecule has 1 heterocycles. The van der Waals surface area contributed by atoms with Gasteiger partial charge in [-0.25, -0.2) is 0 Å². The van der Waals surface area contributed by atoms with Gasteiger partial charge in [-0.15, -0.1) is 0 Å². The van der Waals surface area contributed by atoms with E-state index in [0.717, 1.165) is 0 Å². The standard InChI is InChI=1S/C3H6N2OS/c4-2-1-7-3(6)5-2/h2H,1,4H2,(H,5,6). The summed E-state index contributed by atoms with van der Waals surface area (Å²) in [6.07, 6.45) is -0.113. The number of nitrogens with two attached hydrogens (primary N) is 1. The minimum Gasteiger partial charge on any atom is -0.331 e. The fraction of sp³-hybridized carbons (Fsp3) is 0.667. The van der Waals surface area contributed by atoms with Gasteiger partial charge in [-0.3, -0.25) is 4.79 Å². The van der Waals surface area contributed by atoms with Gasteiger partial charge in [0.1, 0.15) is 0 Å². The van der Waals surface area contributed by atoms with Crippen LogP contribution in [0.1, 0.15) is 0 Å².